The molecule has 0 aliphatic heterocycles. The van der Waals surface area contributed by atoms with Gasteiger partial charge in [-0.2, -0.15) is 0 Å². The van der Waals surface area contributed by atoms with Gasteiger partial charge in [-0.3, -0.25) is 20.2 Å². The minimum atomic E-state index is -0.803. The van der Waals surface area contributed by atoms with Crippen molar-refractivity contribution in [2.75, 3.05) is 5.48 Å². The Labute approximate surface area is 107 Å². The second-order valence-corrected chi connectivity index (χ2v) is 3.51. The van der Waals surface area contributed by atoms with Gasteiger partial charge in [0.25, 0.3) is 0 Å². The van der Waals surface area contributed by atoms with Crippen LogP contribution in [0.25, 0.3) is 0 Å². The molecule has 0 aliphatic carbocycles. The Morgan fingerprint density at radius 3 is 2.21 bits per heavy atom. The molecular formula is C10H11N3O6. The average Bonchev–Trinajstić information content (AvgIpc) is 2.35. The summed E-state index contributed by atoms with van der Waals surface area (Å²) < 4.78 is 0. The van der Waals surface area contributed by atoms with Crippen molar-refractivity contribution in [2.24, 2.45) is 0 Å². The number of rotatable bonds is 6. The highest BCUT2D eigenvalue weighted by Crippen LogP contribution is 2.33. The third kappa shape index (κ3) is 3.63. The maximum atomic E-state index is 11.2. The lowest BCUT2D eigenvalue weighted by atomic mass is 10.2. The number of nitro benzene ring substituents is 2. The summed E-state index contributed by atoms with van der Waals surface area (Å²) in [7, 11) is 0. The minimum Gasteiger partial charge on any atom is -0.343 e. The van der Waals surface area contributed by atoms with Gasteiger partial charge in [0.1, 0.15) is 0 Å². The van der Waals surface area contributed by atoms with E-state index in [1.54, 1.807) is 6.92 Å². The number of anilines is 1. The van der Waals surface area contributed by atoms with E-state index in [4.69, 9.17) is 0 Å². The van der Waals surface area contributed by atoms with E-state index in [1.165, 1.54) is 6.07 Å². The fourth-order valence-corrected chi connectivity index (χ4v) is 1.30. The molecule has 9 heteroatoms. The van der Waals surface area contributed by atoms with E-state index in [1.807, 2.05) is 5.48 Å². The van der Waals surface area contributed by atoms with Crippen molar-refractivity contribution in [3.63, 3.8) is 0 Å². The van der Waals surface area contributed by atoms with Gasteiger partial charge in [0.15, 0.2) is 0 Å². The Balaban J connectivity index is 3.04. The third-order valence-corrected chi connectivity index (χ3v) is 2.13. The molecule has 1 aromatic rings. The zero-order valence-corrected chi connectivity index (χ0v) is 9.99. The maximum Gasteiger partial charge on any atom is 0.332 e. The number of hydrogen-bond acceptors (Lipinski definition) is 7. The van der Waals surface area contributed by atoms with Gasteiger partial charge < -0.3 is 4.84 Å². The SMILES string of the molecule is CCCC(=O)ONc1c([N+](=O)[O-])cccc1[N+](=O)[O-]. The predicted molar refractivity (Wildman–Crippen MR) is 64.4 cm³/mol. The number of nitro groups is 2. The fourth-order valence-electron chi connectivity index (χ4n) is 1.30. The van der Waals surface area contributed by atoms with Gasteiger partial charge in [-0.15, -0.1) is 0 Å². The summed E-state index contributed by atoms with van der Waals surface area (Å²) in [5.41, 5.74) is 0.454. The van der Waals surface area contributed by atoms with Crippen LogP contribution >= 0.6 is 0 Å². The van der Waals surface area contributed by atoms with Crippen LogP contribution in [0.3, 0.4) is 0 Å². The molecule has 0 spiro atoms. The molecule has 0 saturated heterocycles. The molecule has 0 radical (unpaired) electrons. The number of nitrogens with zero attached hydrogens (tertiary/aromatic N) is 2. The van der Waals surface area contributed by atoms with E-state index in [9.17, 15) is 25.0 Å². The second kappa shape index (κ2) is 6.28. The van der Waals surface area contributed by atoms with E-state index in [0.29, 0.717) is 6.42 Å². The summed E-state index contributed by atoms with van der Waals surface area (Å²) in [4.78, 5) is 35.6. The second-order valence-electron chi connectivity index (χ2n) is 3.51. The number of carbonyl (C=O) groups excluding carboxylic acids is 1. The molecule has 1 rings (SSSR count). The van der Waals surface area contributed by atoms with Gasteiger partial charge in [0, 0.05) is 18.6 Å². The van der Waals surface area contributed by atoms with Crippen LogP contribution in [-0.2, 0) is 9.63 Å². The molecule has 0 unspecified atom stereocenters. The van der Waals surface area contributed by atoms with Crippen LogP contribution in [0.2, 0.25) is 0 Å². The van der Waals surface area contributed by atoms with Crippen molar-refractivity contribution in [1.82, 2.24) is 0 Å². The Morgan fingerprint density at radius 1 is 1.26 bits per heavy atom. The standard InChI is InChI=1S/C10H11N3O6/c1-2-4-9(14)19-11-10-7(12(15)16)5-3-6-8(10)13(17)18/h3,5-6,11H,2,4H2,1H3. The number of carbonyl (C=O) groups is 1. The first-order valence-corrected chi connectivity index (χ1v) is 5.34. The minimum absolute atomic E-state index is 0.0986. The van der Waals surface area contributed by atoms with E-state index in [0.717, 1.165) is 12.1 Å². The predicted octanol–water partition coefficient (Wildman–Crippen LogP) is 2.17. The van der Waals surface area contributed by atoms with Gasteiger partial charge in [-0.05, 0) is 12.5 Å². The van der Waals surface area contributed by atoms with Crippen molar-refractivity contribution >= 4 is 23.0 Å². The Bertz CT molecular complexity index is 484. The van der Waals surface area contributed by atoms with Crippen molar-refractivity contribution < 1.29 is 19.5 Å². The molecular weight excluding hydrogens is 258 g/mol. The van der Waals surface area contributed by atoms with Crippen LogP contribution in [0.5, 0.6) is 0 Å². The summed E-state index contributed by atoms with van der Waals surface area (Å²) >= 11 is 0. The Kier molecular flexibility index (Phi) is 4.75. The maximum absolute atomic E-state index is 11.2. The molecule has 0 heterocycles. The summed E-state index contributed by atoms with van der Waals surface area (Å²) in [6.07, 6.45) is 0.626. The molecule has 0 aliphatic rings. The number of hydrogen-bond donors (Lipinski definition) is 1. The molecule has 19 heavy (non-hydrogen) atoms. The van der Waals surface area contributed by atoms with E-state index in [-0.39, 0.29) is 6.42 Å². The first kappa shape index (κ1) is 14.4. The lowest BCUT2D eigenvalue weighted by Crippen LogP contribution is -2.12. The quantitative estimate of drug-likeness (QED) is 0.619. The monoisotopic (exact) mass is 269 g/mol. The van der Waals surface area contributed by atoms with Crippen LogP contribution in [0.4, 0.5) is 17.1 Å². The van der Waals surface area contributed by atoms with Crippen LogP contribution in [0.1, 0.15) is 19.8 Å². The average molecular weight is 269 g/mol. The number of benzene rings is 1. The normalized spacial score (nSPS) is 9.74. The fraction of sp³-hybridized carbons (Fsp3) is 0.300. The molecule has 0 atom stereocenters. The van der Waals surface area contributed by atoms with E-state index < -0.39 is 32.9 Å². The highest BCUT2D eigenvalue weighted by Gasteiger charge is 2.25. The summed E-state index contributed by atoms with van der Waals surface area (Å²) in [5.74, 6) is -0.657. The van der Waals surface area contributed by atoms with Gasteiger partial charge in [-0.25, -0.2) is 10.3 Å². The number of nitrogens with one attached hydrogen (secondary N) is 1. The van der Waals surface area contributed by atoms with Crippen LogP contribution in [0.15, 0.2) is 18.2 Å². The number of para-hydroxylation sites is 1. The van der Waals surface area contributed by atoms with Gasteiger partial charge in [0.05, 0.1) is 9.85 Å². The zero-order valence-electron chi connectivity index (χ0n) is 9.99. The molecule has 0 fully saturated rings. The summed E-state index contributed by atoms with van der Waals surface area (Å²) in [6, 6.07) is 3.32. The van der Waals surface area contributed by atoms with E-state index in [2.05, 4.69) is 4.84 Å². The van der Waals surface area contributed by atoms with Gasteiger partial charge >= 0.3 is 17.3 Å². The Morgan fingerprint density at radius 2 is 1.79 bits per heavy atom. The molecule has 0 saturated carbocycles. The lowest BCUT2D eigenvalue weighted by Gasteiger charge is -2.07. The van der Waals surface area contributed by atoms with Crippen molar-refractivity contribution in [3.8, 4) is 0 Å². The molecule has 102 valence electrons. The Hall–Kier alpha value is -2.71. The first-order valence-electron chi connectivity index (χ1n) is 5.34. The van der Waals surface area contributed by atoms with Crippen molar-refractivity contribution in [3.05, 3.63) is 38.4 Å². The van der Waals surface area contributed by atoms with Crippen LogP contribution < -0.4 is 5.48 Å². The molecule has 1 aromatic carbocycles. The molecule has 0 bridgehead atoms. The first-order chi connectivity index (χ1) is 8.97. The zero-order chi connectivity index (χ0) is 14.4. The topological polar surface area (TPSA) is 125 Å². The summed E-state index contributed by atoms with van der Waals surface area (Å²) in [6.45, 7) is 1.74. The van der Waals surface area contributed by atoms with Crippen LogP contribution in [0, 0.1) is 20.2 Å². The smallest absolute Gasteiger partial charge is 0.332 e. The third-order valence-electron chi connectivity index (χ3n) is 2.13. The largest absolute Gasteiger partial charge is 0.343 e. The molecule has 9 nitrogen and oxygen atoms in total. The van der Waals surface area contributed by atoms with Crippen molar-refractivity contribution in [2.45, 2.75) is 19.8 Å². The van der Waals surface area contributed by atoms with Crippen molar-refractivity contribution in [1.29, 1.82) is 0 Å². The van der Waals surface area contributed by atoms with Gasteiger partial charge in [-0.1, -0.05) is 6.92 Å². The van der Waals surface area contributed by atoms with Gasteiger partial charge in [0.2, 0.25) is 5.69 Å². The van der Waals surface area contributed by atoms with E-state index >= 15 is 0 Å². The molecule has 0 aromatic heterocycles. The highest BCUT2D eigenvalue weighted by molar-refractivity contribution is 5.76. The lowest BCUT2D eigenvalue weighted by molar-refractivity contribution is -0.392. The molecule has 0 amide bonds. The highest BCUT2D eigenvalue weighted by atomic mass is 16.7. The van der Waals surface area contributed by atoms with Crippen LogP contribution in [-0.4, -0.2) is 15.8 Å². The molecule has 1 N–H and O–H groups in total. The summed E-state index contributed by atoms with van der Waals surface area (Å²) in [5, 5.41) is 21.5.